The van der Waals surface area contributed by atoms with E-state index in [1.54, 1.807) is 0 Å². The summed E-state index contributed by atoms with van der Waals surface area (Å²) in [6.45, 7) is 3.26. The predicted octanol–water partition coefficient (Wildman–Crippen LogP) is 3.44. The van der Waals surface area contributed by atoms with Gasteiger partial charge in [-0.3, -0.25) is 0 Å². The van der Waals surface area contributed by atoms with Crippen molar-refractivity contribution in [3.8, 4) is 0 Å². The Bertz CT molecular complexity index is 284. The van der Waals surface area contributed by atoms with Crippen molar-refractivity contribution in [2.45, 2.75) is 51.5 Å². The van der Waals surface area contributed by atoms with Gasteiger partial charge in [0, 0.05) is 6.42 Å². The van der Waals surface area contributed by atoms with Crippen LogP contribution in [0.5, 0.6) is 0 Å². The molecule has 1 unspecified atom stereocenters. The fourth-order valence-electron chi connectivity index (χ4n) is 2.22. The average Bonchev–Trinajstić information content (AvgIpc) is 2.65. The average molecular weight is 207 g/mol. The molecule has 1 atom stereocenters. The van der Waals surface area contributed by atoms with Crippen LogP contribution in [0.15, 0.2) is 16.5 Å². The molecule has 0 radical (unpaired) electrons. The first kappa shape index (κ1) is 10.7. The first-order chi connectivity index (χ1) is 7.40. The van der Waals surface area contributed by atoms with Gasteiger partial charge in [0.05, 0.1) is 6.04 Å². The molecule has 2 rings (SSSR count). The molecule has 1 aliphatic heterocycles. The summed E-state index contributed by atoms with van der Waals surface area (Å²) < 4.78 is 5.81. The highest BCUT2D eigenvalue weighted by atomic mass is 16.3. The second kappa shape index (κ2) is 5.36. The van der Waals surface area contributed by atoms with Crippen molar-refractivity contribution >= 4 is 0 Å². The van der Waals surface area contributed by atoms with E-state index in [4.69, 9.17) is 4.42 Å². The van der Waals surface area contributed by atoms with Gasteiger partial charge in [-0.1, -0.05) is 26.2 Å². The van der Waals surface area contributed by atoms with Gasteiger partial charge >= 0.3 is 0 Å². The Morgan fingerprint density at radius 1 is 1.27 bits per heavy atom. The van der Waals surface area contributed by atoms with E-state index in [0.29, 0.717) is 6.04 Å². The van der Waals surface area contributed by atoms with Crippen LogP contribution < -0.4 is 5.32 Å². The molecule has 1 saturated heterocycles. The third-order valence-corrected chi connectivity index (χ3v) is 3.18. The highest BCUT2D eigenvalue weighted by Gasteiger charge is 2.15. The van der Waals surface area contributed by atoms with Crippen LogP contribution in [0.2, 0.25) is 0 Å². The van der Waals surface area contributed by atoms with Crippen LogP contribution in [0.1, 0.15) is 56.6 Å². The lowest BCUT2D eigenvalue weighted by molar-refractivity contribution is 0.353. The van der Waals surface area contributed by atoms with E-state index < -0.39 is 0 Å². The largest absolute Gasteiger partial charge is 0.464 e. The first-order valence-corrected chi connectivity index (χ1v) is 6.22. The summed E-state index contributed by atoms with van der Waals surface area (Å²) in [4.78, 5) is 0. The van der Waals surface area contributed by atoms with Crippen molar-refractivity contribution in [1.29, 1.82) is 0 Å². The summed E-state index contributed by atoms with van der Waals surface area (Å²) in [6.07, 6.45) is 7.58. The number of hydrogen-bond acceptors (Lipinski definition) is 2. The monoisotopic (exact) mass is 207 g/mol. The zero-order valence-electron chi connectivity index (χ0n) is 9.59. The van der Waals surface area contributed by atoms with Gasteiger partial charge in [-0.05, 0) is 31.5 Å². The molecule has 0 bridgehead atoms. The molecule has 0 spiro atoms. The summed E-state index contributed by atoms with van der Waals surface area (Å²) in [6, 6.07) is 4.69. The quantitative estimate of drug-likeness (QED) is 0.803. The minimum absolute atomic E-state index is 0.450. The molecule has 1 aliphatic rings. The highest BCUT2D eigenvalue weighted by molar-refractivity contribution is 5.10. The lowest BCUT2D eigenvalue weighted by Gasteiger charge is -2.19. The number of furan rings is 1. The zero-order chi connectivity index (χ0) is 10.5. The molecule has 84 valence electrons. The van der Waals surface area contributed by atoms with E-state index in [0.717, 1.165) is 24.5 Å². The smallest absolute Gasteiger partial charge is 0.121 e. The third kappa shape index (κ3) is 2.85. The van der Waals surface area contributed by atoms with Crippen molar-refractivity contribution in [3.63, 3.8) is 0 Å². The Labute approximate surface area is 92.1 Å². The first-order valence-electron chi connectivity index (χ1n) is 6.22. The van der Waals surface area contributed by atoms with E-state index in [9.17, 15) is 0 Å². The molecule has 2 heterocycles. The van der Waals surface area contributed by atoms with Crippen molar-refractivity contribution in [3.05, 3.63) is 23.7 Å². The fourth-order valence-corrected chi connectivity index (χ4v) is 2.22. The fraction of sp³-hybridized carbons (Fsp3) is 0.692. The van der Waals surface area contributed by atoms with Crippen molar-refractivity contribution < 1.29 is 4.42 Å². The SMILES string of the molecule is CCc1ccc(C2CCCCCCN2)o1. The second-order valence-corrected chi connectivity index (χ2v) is 4.37. The maximum Gasteiger partial charge on any atom is 0.121 e. The van der Waals surface area contributed by atoms with Crippen molar-refractivity contribution in [2.24, 2.45) is 0 Å². The van der Waals surface area contributed by atoms with Crippen LogP contribution in [0, 0.1) is 0 Å². The number of nitrogens with one attached hydrogen (secondary N) is 1. The van der Waals surface area contributed by atoms with Crippen molar-refractivity contribution in [2.75, 3.05) is 6.54 Å². The highest BCUT2D eigenvalue weighted by Crippen LogP contribution is 2.24. The van der Waals surface area contributed by atoms with E-state index >= 15 is 0 Å². The molecule has 2 heteroatoms. The van der Waals surface area contributed by atoms with E-state index in [1.807, 2.05) is 0 Å². The normalized spacial score (nSPS) is 23.4. The maximum atomic E-state index is 5.81. The molecule has 1 N–H and O–H groups in total. The molecule has 1 aromatic heterocycles. The zero-order valence-corrected chi connectivity index (χ0v) is 9.59. The lowest BCUT2D eigenvalue weighted by Crippen LogP contribution is -2.23. The second-order valence-electron chi connectivity index (χ2n) is 4.37. The Kier molecular flexibility index (Phi) is 3.84. The molecule has 1 fully saturated rings. The predicted molar refractivity (Wildman–Crippen MR) is 61.9 cm³/mol. The topological polar surface area (TPSA) is 25.2 Å². The van der Waals surface area contributed by atoms with Gasteiger partial charge < -0.3 is 9.73 Å². The van der Waals surface area contributed by atoms with E-state index in [-0.39, 0.29) is 0 Å². The summed E-state index contributed by atoms with van der Waals surface area (Å²) in [5, 5.41) is 3.58. The van der Waals surface area contributed by atoms with Gasteiger partial charge in [0.15, 0.2) is 0 Å². The third-order valence-electron chi connectivity index (χ3n) is 3.18. The van der Waals surface area contributed by atoms with Gasteiger partial charge in [0.1, 0.15) is 11.5 Å². The summed E-state index contributed by atoms with van der Waals surface area (Å²) >= 11 is 0. The van der Waals surface area contributed by atoms with E-state index in [1.165, 1.54) is 32.1 Å². The van der Waals surface area contributed by atoms with Crippen molar-refractivity contribution in [1.82, 2.24) is 5.32 Å². The van der Waals surface area contributed by atoms with Gasteiger partial charge in [-0.25, -0.2) is 0 Å². The Balaban J connectivity index is 2.00. The van der Waals surface area contributed by atoms with Crippen LogP contribution in [0.3, 0.4) is 0 Å². The van der Waals surface area contributed by atoms with Gasteiger partial charge in [-0.2, -0.15) is 0 Å². The van der Waals surface area contributed by atoms with Crippen LogP contribution in [0.4, 0.5) is 0 Å². The summed E-state index contributed by atoms with van der Waals surface area (Å²) in [7, 11) is 0. The minimum atomic E-state index is 0.450. The Morgan fingerprint density at radius 3 is 2.93 bits per heavy atom. The van der Waals surface area contributed by atoms with E-state index in [2.05, 4.69) is 24.4 Å². The molecule has 2 nitrogen and oxygen atoms in total. The van der Waals surface area contributed by atoms with Gasteiger partial charge in [0.2, 0.25) is 0 Å². The molecule has 0 saturated carbocycles. The lowest BCUT2D eigenvalue weighted by atomic mass is 10.0. The van der Waals surface area contributed by atoms with Crippen LogP contribution in [-0.2, 0) is 6.42 Å². The number of aryl methyl sites for hydroxylation is 1. The molecule has 0 aromatic carbocycles. The summed E-state index contributed by atoms with van der Waals surface area (Å²) in [5.74, 6) is 2.24. The Hall–Kier alpha value is -0.760. The van der Waals surface area contributed by atoms with Gasteiger partial charge in [-0.15, -0.1) is 0 Å². The molecular weight excluding hydrogens is 186 g/mol. The summed E-state index contributed by atoms with van der Waals surface area (Å²) in [5.41, 5.74) is 0. The molecule has 0 aliphatic carbocycles. The molecule has 15 heavy (non-hydrogen) atoms. The van der Waals surface area contributed by atoms with Crippen LogP contribution in [-0.4, -0.2) is 6.54 Å². The number of hydrogen-bond donors (Lipinski definition) is 1. The standard InChI is InChI=1S/C13H21NO/c1-2-11-8-9-13(15-11)12-7-5-3-4-6-10-14-12/h8-9,12,14H,2-7,10H2,1H3. The van der Waals surface area contributed by atoms with Crippen LogP contribution >= 0.6 is 0 Å². The Morgan fingerprint density at radius 2 is 2.13 bits per heavy atom. The maximum absolute atomic E-state index is 5.81. The molecular formula is C13H21NO. The minimum Gasteiger partial charge on any atom is -0.464 e. The molecule has 1 aromatic rings. The number of rotatable bonds is 2. The molecule has 0 amide bonds. The van der Waals surface area contributed by atoms with Crippen LogP contribution in [0.25, 0.3) is 0 Å². The van der Waals surface area contributed by atoms with Gasteiger partial charge in [0.25, 0.3) is 0 Å².